The van der Waals surface area contributed by atoms with E-state index in [1.54, 1.807) is 0 Å². The highest BCUT2D eigenvalue weighted by Crippen LogP contribution is 2.17. The standard InChI is InChI=1S/C10H17N5O3S/c1-2-15-6-8(9(11)13-15)19(17,18)14-7-4-3-5-12-10(7)16/h6-7,14H,2-5H2,1H3,(H2,11,13)(H,12,16). The number of piperidine rings is 1. The van der Waals surface area contributed by atoms with Crippen molar-refractivity contribution in [1.82, 2.24) is 19.8 Å². The molecule has 0 aromatic carbocycles. The van der Waals surface area contributed by atoms with Gasteiger partial charge in [-0.3, -0.25) is 9.48 Å². The van der Waals surface area contributed by atoms with Gasteiger partial charge in [0.25, 0.3) is 0 Å². The molecule has 8 nitrogen and oxygen atoms in total. The van der Waals surface area contributed by atoms with Crippen molar-refractivity contribution in [3.05, 3.63) is 6.20 Å². The van der Waals surface area contributed by atoms with Crippen LogP contribution in [0.4, 0.5) is 5.82 Å². The zero-order chi connectivity index (χ0) is 14.0. The van der Waals surface area contributed by atoms with Gasteiger partial charge in [0, 0.05) is 19.3 Å². The third-order valence-electron chi connectivity index (χ3n) is 2.95. The number of rotatable bonds is 4. The molecule has 1 amide bonds. The molecule has 1 aliphatic rings. The SMILES string of the molecule is CCn1cc(S(=O)(=O)NC2CCCNC2=O)c(N)n1. The smallest absolute Gasteiger partial charge is 0.246 e. The van der Waals surface area contributed by atoms with Crippen molar-refractivity contribution >= 4 is 21.7 Å². The van der Waals surface area contributed by atoms with Gasteiger partial charge in [0.15, 0.2) is 5.82 Å². The largest absolute Gasteiger partial charge is 0.381 e. The summed E-state index contributed by atoms with van der Waals surface area (Å²) < 4.78 is 28.1. The third-order valence-corrected chi connectivity index (χ3v) is 4.44. The van der Waals surface area contributed by atoms with Crippen molar-refractivity contribution in [1.29, 1.82) is 0 Å². The summed E-state index contributed by atoms with van der Waals surface area (Å²) in [4.78, 5) is 11.5. The molecule has 9 heteroatoms. The van der Waals surface area contributed by atoms with Gasteiger partial charge in [-0.2, -0.15) is 9.82 Å². The number of aromatic nitrogens is 2. The number of carbonyl (C=O) groups excluding carboxylic acids is 1. The first-order chi connectivity index (χ1) is 8.94. The Morgan fingerprint density at radius 1 is 1.63 bits per heavy atom. The maximum Gasteiger partial charge on any atom is 0.246 e. The monoisotopic (exact) mass is 287 g/mol. The first-order valence-corrected chi connectivity index (χ1v) is 7.55. The second-order valence-electron chi connectivity index (χ2n) is 4.34. The van der Waals surface area contributed by atoms with E-state index in [0.29, 0.717) is 19.5 Å². The number of carbonyl (C=O) groups is 1. The summed E-state index contributed by atoms with van der Waals surface area (Å²) in [6.07, 6.45) is 2.58. The molecule has 1 fully saturated rings. The summed E-state index contributed by atoms with van der Waals surface area (Å²) >= 11 is 0. The molecule has 1 aromatic heterocycles. The van der Waals surface area contributed by atoms with Gasteiger partial charge in [0.1, 0.15) is 10.9 Å². The average Bonchev–Trinajstić information content (AvgIpc) is 2.74. The first kappa shape index (κ1) is 13.8. The third kappa shape index (κ3) is 2.87. The lowest BCUT2D eigenvalue weighted by Crippen LogP contribution is -2.50. The van der Waals surface area contributed by atoms with Gasteiger partial charge in [-0.25, -0.2) is 8.42 Å². The van der Waals surface area contributed by atoms with E-state index in [9.17, 15) is 13.2 Å². The van der Waals surface area contributed by atoms with Crippen molar-refractivity contribution in [3.63, 3.8) is 0 Å². The highest BCUT2D eigenvalue weighted by molar-refractivity contribution is 7.89. The van der Waals surface area contributed by atoms with Gasteiger partial charge < -0.3 is 11.1 Å². The topological polar surface area (TPSA) is 119 Å². The van der Waals surface area contributed by atoms with Gasteiger partial charge in [0.2, 0.25) is 15.9 Å². The lowest BCUT2D eigenvalue weighted by Gasteiger charge is -2.22. The summed E-state index contributed by atoms with van der Waals surface area (Å²) in [5.74, 6) is -0.373. The molecular weight excluding hydrogens is 270 g/mol. The Kier molecular flexibility index (Phi) is 3.76. The molecule has 0 aliphatic carbocycles. The minimum Gasteiger partial charge on any atom is -0.381 e. The normalized spacial score (nSPS) is 20.3. The maximum atomic E-state index is 12.2. The van der Waals surface area contributed by atoms with Crippen molar-refractivity contribution in [2.45, 2.75) is 37.2 Å². The molecule has 1 saturated heterocycles. The predicted octanol–water partition coefficient (Wildman–Crippen LogP) is -0.958. The Labute approximate surface area is 111 Å². The summed E-state index contributed by atoms with van der Waals surface area (Å²) in [6, 6.07) is -0.747. The molecule has 0 saturated carbocycles. The van der Waals surface area contributed by atoms with Crippen molar-refractivity contribution in [3.8, 4) is 0 Å². The van der Waals surface area contributed by atoms with Crippen LogP contribution < -0.4 is 15.8 Å². The Balaban J connectivity index is 2.22. The van der Waals surface area contributed by atoms with Crippen LogP contribution in [0.15, 0.2) is 11.1 Å². The molecule has 1 aromatic rings. The molecule has 0 spiro atoms. The van der Waals surface area contributed by atoms with Crippen LogP contribution in [0.3, 0.4) is 0 Å². The fraction of sp³-hybridized carbons (Fsp3) is 0.600. The van der Waals surface area contributed by atoms with Crippen LogP contribution in [-0.4, -0.2) is 36.7 Å². The Bertz CT molecular complexity index is 580. The van der Waals surface area contributed by atoms with E-state index >= 15 is 0 Å². The summed E-state index contributed by atoms with van der Waals surface area (Å²) in [7, 11) is -3.83. The fourth-order valence-electron chi connectivity index (χ4n) is 1.92. The lowest BCUT2D eigenvalue weighted by molar-refractivity contribution is -0.124. The van der Waals surface area contributed by atoms with Crippen molar-refractivity contribution in [2.24, 2.45) is 0 Å². The Hall–Kier alpha value is -1.61. The molecule has 106 valence electrons. The van der Waals surface area contributed by atoms with E-state index in [2.05, 4.69) is 15.1 Å². The van der Waals surface area contributed by atoms with E-state index in [-0.39, 0.29) is 16.6 Å². The number of anilines is 1. The zero-order valence-corrected chi connectivity index (χ0v) is 11.4. The van der Waals surface area contributed by atoms with Crippen LogP contribution in [0.25, 0.3) is 0 Å². The van der Waals surface area contributed by atoms with E-state index in [1.807, 2.05) is 6.92 Å². The molecule has 4 N–H and O–H groups in total. The quantitative estimate of drug-likeness (QED) is 0.659. The summed E-state index contributed by atoms with van der Waals surface area (Å²) in [5, 5.41) is 6.50. The van der Waals surface area contributed by atoms with E-state index < -0.39 is 16.1 Å². The van der Waals surface area contributed by atoms with Crippen LogP contribution in [-0.2, 0) is 21.4 Å². The number of nitrogen functional groups attached to an aromatic ring is 1. The number of amides is 1. The highest BCUT2D eigenvalue weighted by Gasteiger charge is 2.29. The number of sulfonamides is 1. The molecule has 0 radical (unpaired) electrons. The van der Waals surface area contributed by atoms with E-state index in [0.717, 1.165) is 6.42 Å². The minimum atomic E-state index is -3.83. The Morgan fingerprint density at radius 2 is 2.37 bits per heavy atom. The molecule has 2 heterocycles. The number of hydrogen-bond acceptors (Lipinski definition) is 5. The van der Waals surface area contributed by atoms with Crippen LogP contribution in [0.1, 0.15) is 19.8 Å². The second-order valence-corrected chi connectivity index (χ2v) is 6.02. The van der Waals surface area contributed by atoms with Crippen molar-refractivity contribution in [2.75, 3.05) is 12.3 Å². The van der Waals surface area contributed by atoms with Crippen LogP contribution >= 0.6 is 0 Å². The molecule has 1 atom stereocenters. The number of hydrogen-bond donors (Lipinski definition) is 3. The summed E-state index contributed by atoms with van der Waals surface area (Å²) in [5.41, 5.74) is 5.59. The average molecular weight is 287 g/mol. The predicted molar refractivity (Wildman–Crippen MR) is 68.7 cm³/mol. The lowest BCUT2D eigenvalue weighted by atomic mass is 10.1. The molecule has 1 unspecified atom stereocenters. The summed E-state index contributed by atoms with van der Waals surface area (Å²) in [6.45, 7) is 2.92. The van der Waals surface area contributed by atoms with Gasteiger partial charge >= 0.3 is 0 Å². The number of aryl methyl sites for hydroxylation is 1. The van der Waals surface area contributed by atoms with E-state index in [4.69, 9.17) is 5.73 Å². The van der Waals surface area contributed by atoms with Crippen LogP contribution in [0, 0.1) is 0 Å². The van der Waals surface area contributed by atoms with Crippen molar-refractivity contribution < 1.29 is 13.2 Å². The number of nitrogens with zero attached hydrogens (tertiary/aromatic N) is 2. The molecular formula is C10H17N5O3S. The Morgan fingerprint density at radius 3 is 2.95 bits per heavy atom. The molecule has 2 rings (SSSR count). The molecule has 19 heavy (non-hydrogen) atoms. The van der Waals surface area contributed by atoms with Gasteiger partial charge in [-0.15, -0.1) is 0 Å². The number of nitrogens with two attached hydrogens (primary N) is 1. The van der Waals surface area contributed by atoms with Gasteiger partial charge in [0.05, 0.1) is 0 Å². The van der Waals surface area contributed by atoms with Gasteiger partial charge in [-0.1, -0.05) is 0 Å². The fourth-order valence-corrected chi connectivity index (χ4v) is 3.23. The van der Waals surface area contributed by atoms with Gasteiger partial charge in [-0.05, 0) is 19.8 Å². The molecule has 1 aliphatic heterocycles. The maximum absolute atomic E-state index is 12.2. The first-order valence-electron chi connectivity index (χ1n) is 6.07. The molecule has 0 bridgehead atoms. The van der Waals surface area contributed by atoms with Crippen LogP contribution in [0.2, 0.25) is 0 Å². The second kappa shape index (κ2) is 5.17. The minimum absolute atomic E-state index is 0.0643. The van der Waals surface area contributed by atoms with Crippen LogP contribution in [0.5, 0.6) is 0 Å². The van der Waals surface area contributed by atoms with E-state index in [1.165, 1.54) is 10.9 Å². The zero-order valence-electron chi connectivity index (χ0n) is 10.6. The number of nitrogens with one attached hydrogen (secondary N) is 2. The highest BCUT2D eigenvalue weighted by atomic mass is 32.2.